The molecule has 0 saturated carbocycles. The normalized spacial score (nSPS) is 11.7. The van der Waals surface area contributed by atoms with Crippen LogP contribution < -0.4 is 10.7 Å². The van der Waals surface area contributed by atoms with Gasteiger partial charge in [-0.2, -0.15) is 5.10 Å². The number of fused-ring (bicyclic) bond motifs is 1. The van der Waals surface area contributed by atoms with E-state index in [0.29, 0.717) is 21.3 Å². The Hall–Kier alpha value is -2.70. The van der Waals surface area contributed by atoms with Crippen LogP contribution in [0.5, 0.6) is 0 Å². The third-order valence-electron chi connectivity index (χ3n) is 4.14. The van der Waals surface area contributed by atoms with Crippen molar-refractivity contribution in [2.45, 2.75) is 20.8 Å². The van der Waals surface area contributed by atoms with Gasteiger partial charge in [0, 0.05) is 21.7 Å². The molecule has 2 amide bonds. The van der Waals surface area contributed by atoms with Crippen molar-refractivity contribution in [3.05, 3.63) is 64.0 Å². The van der Waals surface area contributed by atoms with Gasteiger partial charge in [0.1, 0.15) is 4.88 Å². The van der Waals surface area contributed by atoms with E-state index in [1.165, 1.54) is 11.3 Å². The van der Waals surface area contributed by atoms with Gasteiger partial charge in [-0.15, -0.1) is 11.3 Å². The molecule has 3 aromatic rings. The molecule has 0 aliphatic rings. The van der Waals surface area contributed by atoms with Crippen molar-refractivity contribution in [1.82, 2.24) is 5.43 Å². The third kappa shape index (κ3) is 4.40. The third-order valence-corrected chi connectivity index (χ3v) is 5.81. The molecule has 2 aromatic carbocycles. The highest BCUT2D eigenvalue weighted by atomic mass is 35.5. The molecule has 0 fully saturated rings. The Morgan fingerprint density at radius 1 is 1.11 bits per heavy atom. The first kappa shape index (κ1) is 20.0. The number of hydrogen-bond acceptors (Lipinski definition) is 4. The molecule has 0 aliphatic heterocycles. The second-order valence-electron chi connectivity index (χ2n) is 6.60. The molecular weight excluding hydrogens is 394 g/mol. The molecule has 2 N–H and O–H groups in total. The van der Waals surface area contributed by atoms with E-state index in [0.717, 1.165) is 15.6 Å². The highest BCUT2D eigenvalue weighted by Gasteiger charge is 2.16. The largest absolute Gasteiger partial charge is 0.326 e. The molecule has 0 saturated heterocycles. The van der Waals surface area contributed by atoms with Crippen LogP contribution >= 0.6 is 22.9 Å². The zero-order chi connectivity index (χ0) is 20.3. The zero-order valence-corrected chi connectivity index (χ0v) is 17.3. The van der Waals surface area contributed by atoms with E-state index in [9.17, 15) is 9.59 Å². The van der Waals surface area contributed by atoms with Crippen LogP contribution in [0, 0.1) is 5.92 Å². The maximum Gasteiger partial charge on any atom is 0.283 e. The average molecular weight is 414 g/mol. The van der Waals surface area contributed by atoms with Gasteiger partial charge in [-0.05, 0) is 30.7 Å². The lowest BCUT2D eigenvalue weighted by atomic mass is 10.1. The minimum atomic E-state index is -0.352. The Kier molecular flexibility index (Phi) is 6.11. The number of halogens is 1. The predicted molar refractivity (Wildman–Crippen MR) is 116 cm³/mol. The highest BCUT2D eigenvalue weighted by molar-refractivity contribution is 7.21. The second-order valence-corrected chi connectivity index (χ2v) is 8.03. The average Bonchev–Trinajstić information content (AvgIpc) is 3.03. The van der Waals surface area contributed by atoms with E-state index >= 15 is 0 Å². The summed E-state index contributed by atoms with van der Waals surface area (Å²) in [5, 5.41) is 8.33. The van der Waals surface area contributed by atoms with Gasteiger partial charge in [0.15, 0.2) is 0 Å². The van der Waals surface area contributed by atoms with E-state index < -0.39 is 0 Å². The number of nitrogens with one attached hydrogen (secondary N) is 2. The fraction of sp³-hybridized carbons (Fsp3) is 0.190. The van der Waals surface area contributed by atoms with Crippen molar-refractivity contribution in [2.75, 3.05) is 5.32 Å². The Morgan fingerprint density at radius 3 is 2.57 bits per heavy atom. The molecular formula is C21H20ClN3O2S. The van der Waals surface area contributed by atoms with Gasteiger partial charge in [-0.25, -0.2) is 5.43 Å². The fourth-order valence-corrected chi connectivity index (χ4v) is 3.93. The number of rotatable bonds is 5. The summed E-state index contributed by atoms with van der Waals surface area (Å²) in [4.78, 5) is 24.8. The van der Waals surface area contributed by atoms with Gasteiger partial charge in [0.2, 0.25) is 5.91 Å². The Balaban J connectivity index is 1.75. The maximum atomic E-state index is 12.5. The first-order valence-electron chi connectivity index (χ1n) is 8.79. The molecule has 0 unspecified atom stereocenters. The lowest BCUT2D eigenvalue weighted by Crippen LogP contribution is -2.19. The smallest absolute Gasteiger partial charge is 0.283 e. The predicted octanol–water partition coefficient (Wildman–Crippen LogP) is 5.30. The van der Waals surface area contributed by atoms with Gasteiger partial charge in [-0.1, -0.05) is 55.8 Å². The van der Waals surface area contributed by atoms with Gasteiger partial charge in [0.25, 0.3) is 5.91 Å². The summed E-state index contributed by atoms with van der Waals surface area (Å²) in [6, 6.07) is 14.9. The zero-order valence-electron chi connectivity index (χ0n) is 15.7. The Morgan fingerprint density at radius 2 is 1.86 bits per heavy atom. The molecule has 0 bridgehead atoms. The van der Waals surface area contributed by atoms with Crippen LogP contribution in [0.1, 0.15) is 36.0 Å². The number of carbonyl (C=O) groups is 2. The van der Waals surface area contributed by atoms with E-state index in [1.54, 1.807) is 6.92 Å². The standard InChI is InChI=1S/C21H20ClN3O2S/c1-12(2)20(26)23-15-8-6-7-14(11-15)13(3)24-25-21(27)19-18(22)16-9-4-5-10-17(16)28-19/h4-12H,1-3H3,(H,23,26)(H,25,27). The molecule has 7 heteroatoms. The lowest BCUT2D eigenvalue weighted by Gasteiger charge is -2.09. The number of amides is 2. The molecule has 1 heterocycles. The monoisotopic (exact) mass is 413 g/mol. The molecule has 1 aromatic heterocycles. The molecule has 0 atom stereocenters. The van der Waals surface area contributed by atoms with Crippen molar-refractivity contribution in [1.29, 1.82) is 0 Å². The summed E-state index contributed by atoms with van der Waals surface area (Å²) in [7, 11) is 0. The van der Waals surface area contributed by atoms with Crippen LogP contribution in [0.3, 0.4) is 0 Å². The van der Waals surface area contributed by atoms with Crippen molar-refractivity contribution >= 4 is 56.2 Å². The van der Waals surface area contributed by atoms with Crippen molar-refractivity contribution < 1.29 is 9.59 Å². The van der Waals surface area contributed by atoms with Gasteiger partial charge in [-0.3, -0.25) is 9.59 Å². The molecule has 5 nitrogen and oxygen atoms in total. The minimum Gasteiger partial charge on any atom is -0.326 e. The number of anilines is 1. The summed E-state index contributed by atoms with van der Waals surface area (Å²) in [6.45, 7) is 5.46. The van der Waals surface area contributed by atoms with Crippen LogP contribution in [0.15, 0.2) is 53.6 Å². The van der Waals surface area contributed by atoms with E-state index in [-0.39, 0.29) is 17.7 Å². The quantitative estimate of drug-likeness (QED) is 0.440. The van der Waals surface area contributed by atoms with Crippen LogP contribution in [0.4, 0.5) is 5.69 Å². The highest BCUT2D eigenvalue weighted by Crippen LogP contribution is 2.34. The van der Waals surface area contributed by atoms with Gasteiger partial charge in [0.05, 0.1) is 10.7 Å². The summed E-state index contributed by atoms with van der Waals surface area (Å²) in [6.07, 6.45) is 0. The Bertz CT molecular complexity index is 1070. The van der Waals surface area contributed by atoms with Crippen molar-refractivity contribution in [3.8, 4) is 0 Å². The number of thiophene rings is 1. The first-order chi connectivity index (χ1) is 13.4. The van der Waals surface area contributed by atoms with Crippen molar-refractivity contribution in [2.24, 2.45) is 11.0 Å². The Labute approximate surface area is 172 Å². The van der Waals surface area contributed by atoms with Crippen LogP contribution in [-0.4, -0.2) is 17.5 Å². The SMILES string of the molecule is CC(=NNC(=O)c1sc2ccccc2c1Cl)c1cccc(NC(=O)C(C)C)c1. The van der Waals surface area contributed by atoms with Crippen LogP contribution in [0.2, 0.25) is 5.02 Å². The lowest BCUT2D eigenvalue weighted by molar-refractivity contribution is -0.118. The molecule has 28 heavy (non-hydrogen) atoms. The molecule has 0 aliphatic carbocycles. The molecule has 144 valence electrons. The molecule has 0 spiro atoms. The van der Waals surface area contributed by atoms with Crippen LogP contribution in [-0.2, 0) is 4.79 Å². The second kappa shape index (κ2) is 8.54. The molecule has 0 radical (unpaired) electrons. The van der Waals surface area contributed by atoms with Crippen molar-refractivity contribution in [3.63, 3.8) is 0 Å². The van der Waals surface area contributed by atoms with E-state index in [2.05, 4.69) is 15.8 Å². The minimum absolute atomic E-state index is 0.0561. The number of hydrogen-bond donors (Lipinski definition) is 2. The number of carbonyl (C=O) groups excluding carboxylic acids is 2. The maximum absolute atomic E-state index is 12.5. The summed E-state index contributed by atoms with van der Waals surface area (Å²) < 4.78 is 0.951. The van der Waals surface area contributed by atoms with E-state index in [1.807, 2.05) is 62.4 Å². The van der Waals surface area contributed by atoms with Gasteiger partial charge >= 0.3 is 0 Å². The number of benzene rings is 2. The molecule has 3 rings (SSSR count). The summed E-state index contributed by atoms with van der Waals surface area (Å²) >= 11 is 7.67. The van der Waals surface area contributed by atoms with E-state index in [4.69, 9.17) is 11.6 Å². The summed E-state index contributed by atoms with van der Waals surface area (Å²) in [5.74, 6) is -0.516. The van der Waals surface area contributed by atoms with Crippen LogP contribution in [0.25, 0.3) is 10.1 Å². The topological polar surface area (TPSA) is 70.6 Å². The number of nitrogens with zero attached hydrogens (tertiary/aromatic N) is 1. The van der Waals surface area contributed by atoms with Gasteiger partial charge < -0.3 is 5.32 Å². The fourth-order valence-electron chi connectivity index (χ4n) is 2.52. The first-order valence-corrected chi connectivity index (χ1v) is 9.99. The summed E-state index contributed by atoms with van der Waals surface area (Å²) in [5.41, 5.74) is 4.66. The number of hydrazone groups is 1.